The maximum atomic E-state index is 12.7. The molecule has 0 aliphatic carbocycles. The molecule has 0 aromatic heterocycles. The lowest BCUT2D eigenvalue weighted by molar-refractivity contribution is -0.137. The molecule has 0 bridgehead atoms. The van der Waals surface area contributed by atoms with Gasteiger partial charge in [-0.3, -0.25) is 4.90 Å². The summed E-state index contributed by atoms with van der Waals surface area (Å²) in [5, 5.41) is 0. The van der Waals surface area contributed by atoms with Gasteiger partial charge >= 0.3 is 6.18 Å². The number of halogens is 3. The van der Waals surface area contributed by atoms with E-state index in [2.05, 4.69) is 44.7 Å². The molecule has 2 nitrogen and oxygen atoms in total. The molecule has 0 unspecified atom stereocenters. The Morgan fingerprint density at radius 2 is 1.68 bits per heavy atom. The number of nitrogens with zero attached hydrogens (tertiary/aromatic N) is 2. The van der Waals surface area contributed by atoms with E-state index < -0.39 is 11.7 Å². The molecule has 1 fully saturated rings. The number of likely N-dealkylation sites (tertiary alicyclic amines) is 1. The SMILES string of the molecule is CN(C)[C@]1(CCc2ccc(C(F)(F)F)cc2)CCCN(C(C)(C)C)C1. The van der Waals surface area contributed by atoms with Crippen molar-refractivity contribution in [2.45, 2.75) is 63.7 Å². The minimum absolute atomic E-state index is 0.0776. The molecule has 1 aliphatic rings. The van der Waals surface area contributed by atoms with Gasteiger partial charge in [-0.05, 0) is 84.8 Å². The van der Waals surface area contributed by atoms with Crippen molar-refractivity contribution in [3.05, 3.63) is 35.4 Å². The Hall–Kier alpha value is -1.07. The van der Waals surface area contributed by atoms with Crippen LogP contribution in [-0.4, -0.2) is 48.1 Å². The van der Waals surface area contributed by atoms with E-state index in [1.807, 2.05) is 0 Å². The van der Waals surface area contributed by atoms with Gasteiger partial charge in [0.1, 0.15) is 0 Å². The Morgan fingerprint density at radius 3 is 2.16 bits per heavy atom. The fourth-order valence-electron chi connectivity index (χ4n) is 3.72. The van der Waals surface area contributed by atoms with E-state index in [1.165, 1.54) is 12.1 Å². The molecule has 0 spiro atoms. The monoisotopic (exact) mass is 356 g/mol. The van der Waals surface area contributed by atoms with E-state index in [0.717, 1.165) is 44.3 Å². The van der Waals surface area contributed by atoms with Crippen LogP contribution in [-0.2, 0) is 12.6 Å². The van der Waals surface area contributed by atoms with Crippen LogP contribution in [0.5, 0.6) is 0 Å². The average molecular weight is 356 g/mol. The highest BCUT2D eigenvalue weighted by atomic mass is 19.4. The summed E-state index contributed by atoms with van der Waals surface area (Å²) in [6, 6.07) is 5.63. The maximum absolute atomic E-state index is 12.7. The molecule has 142 valence electrons. The van der Waals surface area contributed by atoms with Gasteiger partial charge in [0.2, 0.25) is 0 Å². The second-order valence-electron chi connectivity index (χ2n) is 8.51. The van der Waals surface area contributed by atoms with Crippen molar-refractivity contribution >= 4 is 0 Å². The Bertz CT molecular complexity index is 558. The zero-order chi connectivity index (χ0) is 18.9. The van der Waals surface area contributed by atoms with Crippen LogP contribution in [0.2, 0.25) is 0 Å². The number of piperidine rings is 1. The molecule has 1 aliphatic heterocycles. The summed E-state index contributed by atoms with van der Waals surface area (Å²) in [4.78, 5) is 4.85. The molecule has 5 heteroatoms. The normalized spacial score (nSPS) is 23.2. The summed E-state index contributed by atoms with van der Waals surface area (Å²) in [7, 11) is 4.25. The molecule has 0 saturated carbocycles. The minimum Gasteiger partial charge on any atom is -0.302 e. The van der Waals surface area contributed by atoms with Crippen molar-refractivity contribution in [1.29, 1.82) is 0 Å². The minimum atomic E-state index is -4.26. The smallest absolute Gasteiger partial charge is 0.302 e. The Balaban J connectivity index is 2.09. The van der Waals surface area contributed by atoms with Gasteiger partial charge in [0.15, 0.2) is 0 Å². The average Bonchev–Trinajstić information content (AvgIpc) is 2.52. The number of aryl methyl sites for hydroxylation is 1. The van der Waals surface area contributed by atoms with Gasteiger partial charge < -0.3 is 4.90 Å². The molecule has 2 rings (SSSR count). The summed E-state index contributed by atoms with van der Waals surface area (Å²) in [6.07, 6.45) is -0.220. The van der Waals surface area contributed by atoms with E-state index in [1.54, 1.807) is 12.1 Å². The molecule has 1 aromatic rings. The lowest BCUT2D eigenvalue weighted by Crippen LogP contribution is -2.60. The van der Waals surface area contributed by atoms with Crippen LogP contribution in [0.1, 0.15) is 51.2 Å². The largest absolute Gasteiger partial charge is 0.416 e. The molecular weight excluding hydrogens is 325 g/mol. The number of alkyl halides is 3. The molecule has 1 aromatic carbocycles. The molecule has 0 amide bonds. The third-order valence-corrected chi connectivity index (χ3v) is 5.61. The van der Waals surface area contributed by atoms with Crippen LogP contribution in [0.15, 0.2) is 24.3 Å². The number of hydrogen-bond acceptors (Lipinski definition) is 2. The Labute approximate surface area is 150 Å². The maximum Gasteiger partial charge on any atom is 0.416 e. The molecule has 0 radical (unpaired) electrons. The van der Waals surface area contributed by atoms with E-state index in [9.17, 15) is 13.2 Å². The molecule has 0 N–H and O–H groups in total. The summed E-state index contributed by atoms with van der Waals surface area (Å²) >= 11 is 0. The van der Waals surface area contributed by atoms with Gasteiger partial charge in [-0.15, -0.1) is 0 Å². The van der Waals surface area contributed by atoms with Gasteiger partial charge in [0.05, 0.1) is 5.56 Å². The first-order chi connectivity index (χ1) is 11.4. The van der Waals surface area contributed by atoms with Crippen molar-refractivity contribution in [3.63, 3.8) is 0 Å². The standard InChI is InChI=1S/C20H31F3N2/c1-18(2,3)25-14-6-12-19(15-25,24(4)5)13-11-16-7-9-17(10-8-16)20(21,22)23/h7-10H,6,11-15H2,1-5H3/t19-/m0/s1. The quantitative estimate of drug-likeness (QED) is 0.762. The van der Waals surface area contributed by atoms with Crippen LogP contribution in [0.4, 0.5) is 13.2 Å². The van der Waals surface area contributed by atoms with Crippen molar-refractivity contribution in [1.82, 2.24) is 9.80 Å². The van der Waals surface area contributed by atoms with Crippen LogP contribution in [0.3, 0.4) is 0 Å². The summed E-state index contributed by atoms with van der Waals surface area (Å²) in [5.41, 5.74) is 0.613. The molecule has 1 atom stereocenters. The lowest BCUT2D eigenvalue weighted by atomic mass is 9.81. The van der Waals surface area contributed by atoms with Crippen molar-refractivity contribution in [3.8, 4) is 0 Å². The zero-order valence-electron chi connectivity index (χ0n) is 16.1. The first kappa shape index (κ1) is 20.2. The van der Waals surface area contributed by atoms with E-state index in [4.69, 9.17) is 0 Å². The van der Waals surface area contributed by atoms with Crippen molar-refractivity contribution in [2.24, 2.45) is 0 Å². The first-order valence-electron chi connectivity index (χ1n) is 9.03. The predicted molar refractivity (Wildman–Crippen MR) is 96.7 cm³/mol. The number of rotatable bonds is 4. The predicted octanol–water partition coefficient (Wildman–Crippen LogP) is 4.83. The van der Waals surface area contributed by atoms with Gasteiger partial charge in [-0.1, -0.05) is 12.1 Å². The van der Waals surface area contributed by atoms with Crippen LogP contribution in [0.25, 0.3) is 0 Å². The van der Waals surface area contributed by atoms with E-state index in [-0.39, 0.29) is 11.1 Å². The summed E-state index contributed by atoms with van der Waals surface area (Å²) < 4.78 is 38.1. The van der Waals surface area contributed by atoms with E-state index in [0.29, 0.717) is 0 Å². The Kier molecular flexibility index (Phi) is 5.89. The van der Waals surface area contributed by atoms with Crippen molar-refractivity contribution < 1.29 is 13.2 Å². The Morgan fingerprint density at radius 1 is 1.08 bits per heavy atom. The summed E-state index contributed by atoms with van der Waals surface area (Å²) in [6.45, 7) is 8.85. The highest BCUT2D eigenvalue weighted by Crippen LogP contribution is 2.34. The molecule has 1 heterocycles. The fraction of sp³-hybridized carbons (Fsp3) is 0.700. The second kappa shape index (κ2) is 7.28. The highest BCUT2D eigenvalue weighted by Gasteiger charge is 2.40. The number of benzene rings is 1. The third-order valence-electron chi connectivity index (χ3n) is 5.61. The fourth-order valence-corrected chi connectivity index (χ4v) is 3.72. The highest BCUT2D eigenvalue weighted by molar-refractivity contribution is 5.25. The molecule has 25 heavy (non-hydrogen) atoms. The van der Waals surface area contributed by atoms with Crippen LogP contribution < -0.4 is 0 Å². The number of hydrogen-bond donors (Lipinski definition) is 0. The third kappa shape index (κ3) is 4.98. The first-order valence-corrected chi connectivity index (χ1v) is 9.03. The second-order valence-corrected chi connectivity index (χ2v) is 8.51. The van der Waals surface area contributed by atoms with Crippen LogP contribution in [0, 0.1) is 0 Å². The topological polar surface area (TPSA) is 6.48 Å². The zero-order valence-corrected chi connectivity index (χ0v) is 16.1. The van der Waals surface area contributed by atoms with E-state index >= 15 is 0 Å². The number of likely N-dealkylation sites (N-methyl/N-ethyl adjacent to an activating group) is 1. The van der Waals surface area contributed by atoms with Crippen LogP contribution >= 0.6 is 0 Å². The van der Waals surface area contributed by atoms with Crippen molar-refractivity contribution in [2.75, 3.05) is 27.2 Å². The molecule has 1 saturated heterocycles. The van der Waals surface area contributed by atoms with Gasteiger partial charge in [-0.25, -0.2) is 0 Å². The van der Waals surface area contributed by atoms with Gasteiger partial charge in [0, 0.05) is 17.6 Å². The molecular formula is C20H31F3N2. The summed E-state index contributed by atoms with van der Waals surface area (Å²) in [5.74, 6) is 0. The van der Waals surface area contributed by atoms with Gasteiger partial charge in [0.25, 0.3) is 0 Å². The lowest BCUT2D eigenvalue weighted by Gasteiger charge is -2.51. The van der Waals surface area contributed by atoms with Gasteiger partial charge in [-0.2, -0.15) is 13.2 Å².